The van der Waals surface area contributed by atoms with E-state index in [2.05, 4.69) is 15.1 Å². The average Bonchev–Trinajstić information content (AvgIpc) is 3.13. The third-order valence-electron chi connectivity index (χ3n) is 4.00. The number of hydrogen-bond acceptors (Lipinski definition) is 6. The quantitative estimate of drug-likeness (QED) is 0.619. The average molecular weight is 334 g/mol. The normalized spacial score (nSPS) is 11.1. The van der Waals surface area contributed by atoms with E-state index in [9.17, 15) is 9.90 Å². The summed E-state index contributed by atoms with van der Waals surface area (Å²) in [6, 6.07) is 12.5. The zero-order chi connectivity index (χ0) is 17.4. The van der Waals surface area contributed by atoms with Gasteiger partial charge in [-0.25, -0.2) is 0 Å². The highest BCUT2D eigenvalue weighted by Crippen LogP contribution is 2.32. The van der Waals surface area contributed by atoms with Gasteiger partial charge in [-0.1, -0.05) is 23.4 Å². The molecule has 0 saturated carbocycles. The second kappa shape index (κ2) is 5.86. The van der Waals surface area contributed by atoms with Crippen LogP contribution in [0.5, 0.6) is 5.75 Å². The van der Waals surface area contributed by atoms with Gasteiger partial charge in [0.25, 0.3) is 11.4 Å². The summed E-state index contributed by atoms with van der Waals surface area (Å²) in [6.45, 7) is 2.32. The fourth-order valence-electron chi connectivity index (χ4n) is 2.82. The Labute approximate surface area is 142 Å². The number of fused-ring (bicyclic) bond motifs is 1. The topological polar surface area (TPSA) is 94.0 Å². The Morgan fingerprint density at radius 3 is 2.72 bits per heavy atom. The van der Waals surface area contributed by atoms with Crippen LogP contribution in [0.2, 0.25) is 0 Å². The van der Waals surface area contributed by atoms with Gasteiger partial charge in [0.15, 0.2) is 0 Å². The van der Waals surface area contributed by atoms with Crippen LogP contribution >= 0.6 is 0 Å². The van der Waals surface area contributed by atoms with Crippen molar-refractivity contribution >= 4 is 10.9 Å². The Morgan fingerprint density at radius 1 is 1.16 bits per heavy atom. The summed E-state index contributed by atoms with van der Waals surface area (Å²) in [4.78, 5) is 21.2. The molecule has 0 spiro atoms. The summed E-state index contributed by atoms with van der Waals surface area (Å²) < 4.78 is 6.81. The van der Waals surface area contributed by atoms with Gasteiger partial charge in [0, 0.05) is 18.1 Å². The fraction of sp³-hybridized carbons (Fsp3) is 0.111. The Bertz CT molecular complexity index is 1120. The first-order valence-corrected chi connectivity index (χ1v) is 7.80. The van der Waals surface area contributed by atoms with Crippen LogP contribution in [0, 0.1) is 0 Å². The highest BCUT2D eigenvalue weighted by Gasteiger charge is 2.22. The largest absolute Gasteiger partial charge is 0.506 e. The predicted molar refractivity (Wildman–Crippen MR) is 92.1 cm³/mol. The van der Waals surface area contributed by atoms with E-state index in [0.717, 1.165) is 0 Å². The second-order valence-corrected chi connectivity index (χ2v) is 5.43. The summed E-state index contributed by atoms with van der Waals surface area (Å²) >= 11 is 0. The third kappa shape index (κ3) is 2.37. The first-order chi connectivity index (χ1) is 12.2. The molecule has 124 valence electrons. The highest BCUT2D eigenvalue weighted by molar-refractivity contribution is 5.90. The minimum absolute atomic E-state index is 0.00442. The summed E-state index contributed by atoms with van der Waals surface area (Å²) in [5.41, 5.74) is 0.791. The number of aromatic hydroxyl groups is 1. The van der Waals surface area contributed by atoms with E-state index in [-0.39, 0.29) is 28.6 Å². The summed E-state index contributed by atoms with van der Waals surface area (Å²) in [6.07, 6.45) is 1.61. The molecular formula is C18H14N4O3. The van der Waals surface area contributed by atoms with Crippen LogP contribution in [0.4, 0.5) is 0 Å². The van der Waals surface area contributed by atoms with Gasteiger partial charge in [0.2, 0.25) is 5.82 Å². The lowest BCUT2D eigenvalue weighted by Gasteiger charge is -2.11. The highest BCUT2D eigenvalue weighted by atomic mass is 16.5. The molecular weight excluding hydrogens is 320 g/mol. The summed E-state index contributed by atoms with van der Waals surface area (Å²) in [7, 11) is 0. The molecule has 7 nitrogen and oxygen atoms in total. The van der Waals surface area contributed by atoms with Gasteiger partial charge in [-0.2, -0.15) is 4.98 Å². The number of aryl methyl sites for hydroxylation is 1. The standard InChI is InChI=1S/C18H14N4O3/c1-2-22-13-9-4-3-7-11(13)15(23)14(18(22)24)17-20-16(21-25-17)12-8-5-6-10-19-12/h3-10,23H,2H2,1H3. The Morgan fingerprint density at radius 2 is 1.96 bits per heavy atom. The van der Waals surface area contributed by atoms with E-state index in [1.807, 2.05) is 13.0 Å². The molecule has 4 aromatic rings. The molecule has 0 radical (unpaired) electrons. The van der Waals surface area contributed by atoms with E-state index in [1.54, 1.807) is 47.2 Å². The zero-order valence-corrected chi connectivity index (χ0v) is 13.4. The summed E-state index contributed by atoms with van der Waals surface area (Å²) in [5.74, 6) is 0.0586. The van der Waals surface area contributed by atoms with Gasteiger partial charge in [0.1, 0.15) is 17.0 Å². The van der Waals surface area contributed by atoms with Crippen LogP contribution in [0.15, 0.2) is 58.0 Å². The van der Waals surface area contributed by atoms with E-state index < -0.39 is 0 Å². The molecule has 3 aromatic heterocycles. The molecule has 0 aliphatic heterocycles. The molecule has 25 heavy (non-hydrogen) atoms. The maximum Gasteiger partial charge on any atom is 0.267 e. The number of benzene rings is 1. The SMILES string of the molecule is CCn1c(=O)c(-c2nc(-c3ccccn3)no2)c(O)c2ccccc21. The van der Waals surface area contributed by atoms with Gasteiger partial charge in [-0.15, -0.1) is 0 Å². The molecule has 4 rings (SSSR count). The molecule has 0 aliphatic carbocycles. The molecule has 0 saturated heterocycles. The Kier molecular flexibility index (Phi) is 3.53. The molecule has 1 aromatic carbocycles. The first kappa shape index (κ1) is 15.1. The second-order valence-electron chi connectivity index (χ2n) is 5.43. The van der Waals surface area contributed by atoms with Crippen LogP contribution in [0.3, 0.4) is 0 Å². The minimum Gasteiger partial charge on any atom is -0.506 e. The monoisotopic (exact) mass is 334 g/mol. The number of pyridine rings is 2. The Balaban J connectivity index is 1.96. The minimum atomic E-state index is -0.380. The van der Waals surface area contributed by atoms with Gasteiger partial charge >= 0.3 is 0 Å². The van der Waals surface area contributed by atoms with Crippen LogP contribution in [-0.2, 0) is 6.54 Å². The molecule has 3 heterocycles. The number of para-hydroxylation sites is 1. The molecule has 0 aliphatic rings. The van der Waals surface area contributed by atoms with Crippen molar-refractivity contribution in [2.75, 3.05) is 0 Å². The zero-order valence-electron chi connectivity index (χ0n) is 13.4. The van der Waals surface area contributed by atoms with Crippen LogP contribution in [0.1, 0.15) is 6.92 Å². The van der Waals surface area contributed by atoms with E-state index in [4.69, 9.17) is 4.52 Å². The lowest BCUT2D eigenvalue weighted by atomic mass is 10.1. The lowest BCUT2D eigenvalue weighted by Crippen LogP contribution is -2.21. The van der Waals surface area contributed by atoms with Gasteiger partial charge in [-0.05, 0) is 31.2 Å². The lowest BCUT2D eigenvalue weighted by molar-refractivity contribution is 0.425. The van der Waals surface area contributed by atoms with E-state index in [1.165, 1.54) is 0 Å². The molecule has 0 unspecified atom stereocenters. The van der Waals surface area contributed by atoms with Crippen LogP contribution in [-0.4, -0.2) is 24.8 Å². The summed E-state index contributed by atoms with van der Waals surface area (Å²) in [5, 5.41) is 15.1. The third-order valence-corrected chi connectivity index (χ3v) is 4.00. The molecule has 0 amide bonds. The van der Waals surface area contributed by atoms with Gasteiger partial charge in [0.05, 0.1) is 5.52 Å². The number of rotatable bonds is 3. The Hall–Kier alpha value is -3.48. The fourth-order valence-corrected chi connectivity index (χ4v) is 2.82. The predicted octanol–water partition coefficient (Wildman–Crippen LogP) is 2.84. The van der Waals surface area contributed by atoms with Crippen molar-refractivity contribution in [3.8, 4) is 28.7 Å². The number of hydrogen-bond donors (Lipinski definition) is 1. The molecule has 7 heteroatoms. The molecule has 0 atom stereocenters. The van der Waals surface area contributed by atoms with Crippen molar-refractivity contribution < 1.29 is 9.63 Å². The van der Waals surface area contributed by atoms with Crippen molar-refractivity contribution in [2.45, 2.75) is 13.5 Å². The van der Waals surface area contributed by atoms with Crippen molar-refractivity contribution in [3.05, 3.63) is 59.0 Å². The molecule has 0 fully saturated rings. The van der Waals surface area contributed by atoms with Crippen molar-refractivity contribution in [2.24, 2.45) is 0 Å². The number of nitrogens with zero attached hydrogens (tertiary/aromatic N) is 4. The van der Waals surface area contributed by atoms with E-state index in [0.29, 0.717) is 23.1 Å². The smallest absolute Gasteiger partial charge is 0.267 e. The van der Waals surface area contributed by atoms with E-state index >= 15 is 0 Å². The molecule has 1 N–H and O–H groups in total. The van der Waals surface area contributed by atoms with Crippen molar-refractivity contribution in [3.63, 3.8) is 0 Å². The first-order valence-electron chi connectivity index (χ1n) is 7.80. The van der Waals surface area contributed by atoms with Crippen LogP contribution in [0.25, 0.3) is 33.9 Å². The van der Waals surface area contributed by atoms with Crippen LogP contribution < -0.4 is 5.56 Å². The molecule has 0 bridgehead atoms. The maximum atomic E-state index is 12.8. The van der Waals surface area contributed by atoms with Crippen molar-refractivity contribution in [1.29, 1.82) is 0 Å². The van der Waals surface area contributed by atoms with Gasteiger partial charge in [-0.3, -0.25) is 9.78 Å². The maximum absolute atomic E-state index is 12.8. The van der Waals surface area contributed by atoms with Crippen molar-refractivity contribution in [1.82, 2.24) is 19.7 Å². The van der Waals surface area contributed by atoms with Gasteiger partial charge < -0.3 is 14.2 Å². The number of aromatic nitrogens is 4.